The normalized spacial score (nSPS) is 12.5. The van der Waals surface area contributed by atoms with E-state index in [4.69, 9.17) is 0 Å². The van der Waals surface area contributed by atoms with Gasteiger partial charge in [0.2, 0.25) is 0 Å². The summed E-state index contributed by atoms with van der Waals surface area (Å²) >= 11 is 0.897. The van der Waals surface area contributed by atoms with E-state index >= 15 is 0 Å². The van der Waals surface area contributed by atoms with E-state index in [0.717, 1.165) is 17.5 Å². The lowest BCUT2D eigenvalue weighted by Gasteiger charge is -2.12. The van der Waals surface area contributed by atoms with Crippen LogP contribution in [0.25, 0.3) is 0 Å². The molecule has 2 aromatic heterocycles. The molecule has 116 valence electrons. The molecule has 2 heterocycles. The summed E-state index contributed by atoms with van der Waals surface area (Å²) in [5.41, 5.74) is 2.12. The van der Waals surface area contributed by atoms with Crippen LogP contribution in [-0.4, -0.2) is 26.8 Å². The van der Waals surface area contributed by atoms with Crippen molar-refractivity contribution in [2.75, 3.05) is 0 Å². The van der Waals surface area contributed by atoms with Crippen LogP contribution in [0, 0.1) is 15.2 Å². The molecule has 0 radical (unpaired) electrons. The molecule has 10 heteroatoms. The Morgan fingerprint density at radius 3 is 3.00 bits per heavy atom. The predicted molar refractivity (Wildman–Crippen MR) is 78.2 cm³/mol. The molecule has 22 heavy (non-hydrogen) atoms. The second kappa shape index (κ2) is 6.89. The molecule has 0 aliphatic carbocycles. The number of nitrogens with one attached hydrogen (secondary N) is 1. The smallest absolute Gasteiger partial charge is 0.271 e. The van der Waals surface area contributed by atoms with Crippen LogP contribution in [-0.2, 0) is 4.79 Å². The van der Waals surface area contributed by atoms with Crippen LogP contribution in [0.4, 0.5) is 10.1 Å². The van der Waals surface area contributed by atoms with Crippen molar-refractivity contribution in [3.05, 3.63) is 44.6 Å². The first kappa shape index (κ1) is 15.8. The molecule has 1 atom stereocenters. The molecular formula is C12H12FN5O3S. The van der Waals surface area contributed by atoms with E-state index in [-0.39, 0.29) is 10.8 Å². The van der Waals surface area contributed by atoms with Gasteiger partial charge in [0.05, 0.1) is 16.0 Å². The third-order valence-corrected chi connectivity index (χ3v) is 3.58. The van der Waals surface area contributed by atoms with Crippen molar-refractivity contribution in [2.45, 2.75) is 19.4 Å². The maximum Gasteiger partial charge on any atom is 0.307 e. The average molecular weight is 325 g/mol. The monoisotopic (exact) mass is 325 g/mol. The van der Waals surface area contributed by atoms with Gasteiger partial charge in [-0.2, -0.15) is 14.6 Å². The van der Waals surface area contributed by atoms with E-state index in [1.807, 2.05) is 0 Å². The number of hydrogen-bond donors (Lipinski definition) is 1. The highest BCUT2D eigenvalue weighted by Crippen LogP contribution is 2.16. The van der Waals surface area contributed by atoms with Gasteiger partial charge in [0.1, 0.15) is 18.4 Å². The summed E-state index contributed by atoms with van der Waals surface area (Å²) < 4.78 is 14.0. The highest BCUT2D eigenvalue weighted by molar-refractivity contribution is 7.12. The van der Waals surface area contributed by atoms with Crippen molar-refractivity contribution in [3.63, 3.8) is 0 Å². The Labute approximate surface area is 128 Å². The van der Waals surface area contributed by atoms with E-state index in [1.165, 1.54) is 29.2 Å². The van der Waals surface area contributed by atoms with Crippen molar-refractivity contribution in [1.82, 2.24) is 15.2 Å². The summed E-state index contributed by atoms with van der Waals surface area (Å²) in [6.07, 6.45) is 3.97. The predicted octanol–water partition coefficient (Wildman–Crippen LogP) is 2.09. The van der Waals surface area contributed by atoms with Crippen LogP contribution in [0.5, 0.6) is 0 Å². The van der Waals surface area contributed by atoms with Gasteiger partial charge >= 0.3 is 5.69 Å². The fraction of sp³-hybridized carbons (Fsp3) is 0.250. The molecule has 0 aliphatic rings. The second-order valence-corrected chi connectivity index (χ2v) is 5.30. The molecule has 2 aromatic rings. The molecule has 8 nitrogen and oxygen atoms in total. The van der Waals surface area contributed by atoms with Crippen molar-refractivity contribution >= 4 is 29.1 Å². The van der Waals surface area contributed by atoms with E-state index in [0.29, 0.717) is 11.3 Å². The van der Waals surface area contributed by atoms with Crippen LogP contribution in [0.15, 0.2) is 29.6 Å². The SMILES string of the molecule is CCC(C(=O)NN=Cc1ccc(F)s1)n1cc([N+](=O)[O-])cn1. The number of nitro groups is 1. The van der Waals surface area contributed by atoms with Crippen LogP contribution in [0.2, 0.25) is 0 Å². The molecule has 0 saturated heterocycles. The maximum absolute atomic E-state index is 12.8. The number of amides is 1. The lowest BCUT2D eigenvalue weighted by atomic mass is 10.2. The van der Waals surface area contributed by atoms with Gasteiger partial charge in [-0.25, -0.2) is 5.43 Å². The van der Waals surface area contributed by atoms with E-state index in [1.54, 1.807) is 6.92 Å². The molecule has 0 fully saturated rings. The van der Waals surface area contributed by atoms with Gasteiger partial charge in [-0.15, -0.1) is 11.3 Å². The molecule has 1 amide bonds. The fourth-order valence-corrected chi connectivity index (χ4v) is 2.32. The zero-order valence-corrected chi connectivity index (χ0v) is 12.3. The molecular weight excluding hydrogens is 313 g/mol. The molecule has 1 N–H and O–H groups in total. The molecule has 0 saturated carbocycles. The Balaban J connectivity index is 2.02. The molecule has 0 spiro atoms. The van der Waals surface area contributed by atoms with Gasteiger partial charge in [-0.3, -0.25) is 19.6 Å². The maximum atomic E-state index is 12.8. The van der Waals surface area contributed by atoms with Crippen LogP contribution in [0.3, 0.4) is 0 Å². The second-order valence-electron chi connectivity index (χ2n) is 4.24. The Morgan fingerprint density at radius 1 is 1.68 bits per heavy atom. The number of nitrogens with zero attached hydrogens (tertiary/aromatic N) is 4. The molecule has 1 unspecified atom stereocenters. The number of aromatic nitrogens is 2. The van der Waals surface area contributed by atoms with Crippen molar-refractivity contribution in [1.29, 1.82) is 0 Å². The van der Waals surface area contributed by atoms with Gasteiger partial charge in [0.25, 0.3) is 5.91 Å². The Morgan fingerprint density at radius 2 is 2.45 bits per heavy atom. The number of carbonyl (C=O) groups excluding carboxylic acids is 1. The number of carbonyl (C=O) groups is 1. The van der Waals surface area contributed by atoms with Gasteiger partial charge in [-0.1, -0.05) is 6.92 Å². The Kier molecular flexibility index (Phi) is 4.94. The summed E-state index contributed by atoms with van der Waals surface area (Å²) in [4.78, 5) is 22.6. The molecule has 0 bridgehead atoms. The Bertz CT molecular complexity index is 711. The first-order valence-electron chi connectivity index (χ1n) is 6.28. The highest BCUT2D eigenvalue weighted by Gasteiger charge is 2.21. The van der Waals surface area contributed by atoms with E-state index < -0.39 is 16.9 Å². The van der Waals surface area contributed by atoms with Gasteiger partial charge < -0.3 is 0 Å². The van der Waals surface area contributed by atoms with Crippen LogP contribution < -0.4 is 5.43 Å². The molecule has 0 aromatic carbocycles. The van der Waals surface area contributed by atoms with Crippen molar-refractivity contribution in [3.8, 4) is 0 Å². The van der Waals surface area contributed by atoms with E-state index in [2.05, 4.69) is 15.6 Å². The molecule has 2 rings (SSSR count). The lowest BCUT2D eigenvalue weighted by molar-refractivity contribution is -0.385. The Hall–Kier alpha value is -2.62. The molecule has 0 aliphatic heterocycles. The van der Waals surface area contributed by atoms with Gasteiger partial charge in [-0.05, 0) is 18.6 Å². The quantitative estimate of drug-likeness (QED) is 0.499. The average Bonchev–Trinajstić information content (AvgIpc) is 3.09. The van der Waals surface area contributed by atoms with Crippen LogP contribution >= 0.6 is 11.3 Å². The van der Waals surface area contributed by atoms with Crippen molar-refractivity contribution in [2.24, 2.45) is 5.10 Å². The van der Waals surface area contributed by atoms with E-state index in [9.17, 15) is 19.3 Å². The summed E-state index contributed by atoms with van der Waals surface area (Å²) in [7, 11) is 0. The minimum Gasteiger partial charge on any atom is -0.271 e. The fourth-order valence-electron chi connectivity index (χ4n) is 1.72. The zero-order valence-electron chi connectivity index (χ0n) is 11.5. The number of hydrazone groups is 1. The van der Waals surface area contributed by atoms with Crippen LogP contribution in [0.1, 0.15) is 24.3 Å². The zero-order chi connectivity index (χ0) is 16.1. The standard InChI is InChI=1S/C12H12FN5O3S/c1-2-10(17-7-8(5-15-17)18(20)21)12(19)16-14-6-9-3-4-11(13)22-9/h3-7,10H,2H2,1H3,(H,16,19). The largest absolute Gasteiger partial charge is 0.307 e. The van der Waals surface area contributed by atoms with Gasteiger partial charge in [0.15, 0.2) is 5.13 Å². The summed E-state index contributed by atoms with van der Waals surface area (Å²) in [6.45, 7) is 1.75. The summed E-state index contributed by atoms with van der Waals surface area (Å²) in [5, 5.41) is 17.8. The lowest BCUT2D eigenvalue weighted by Crippen LogP contribution is -2.29. The summed E-state index contributed by atoms with van der Waals surface area (Å²) in [6, 6.07) is 2.11. The first-order valence-corrected chi connectivity index (χ1v) is 7.09. The third kappa shape index (κ3) is 3.73. The number of rotatable bonds is 6. The number of thiophene rings is 1. The first-order chi connectivity index (χ1) is 10.5. The van der Waals surface area contributed by atoms with Gasteiger partial charge in [0, 0.05) is 0 Å². The number of hydrogen-bond acceptors (Lipinski definition) is 6. The third-order valence-electron chi connectivity index (χ3n) is 2.77. The van der Waals surface area contributed by atoms with Crippen molar-refractivity contribution < 1.29 is 14.1 Å². The summed E-state index contributed by atoms with van der Waals surface area (Å²) in [5.74, 6) is -0.464. The highest BCUT2D eigenvalue weighted by atomic mass is 32.1. The number of halogens is 1. The topological polar surface area (TPSA) is 102 Å². The minimum absolute atomic E-state index is 0.191. The minimum atomic E-state index is -0.717.